The topological polar surface area (TPSA) is 38.7 Å². The summed E-state index contributed by atoms with van der Waals surface area (Å²) in [6.07, 6.45) is 0.846. The van der Waals surface area contributed by atoms with E-state index in [1.54, 1.807) is 17.4 Å². The molecular weight excluding hydrogens is 230 g/mol. The zero-order chi connectivity index (χ0) is 10.8. The first-order valence-electron chi connectivity index (χ1n) is 4.65. The van der Waals surface area contributed by atoms with Crippen LogP contribution < -0.4 is 0 Å². The van der Waals surface area contributed by atoms with E-state index in [9.17, 15) is 0 Å². The van der Waals surface area contributed by atoms with Crippen LogP contribution in [-0.2, 0) is 6.42 Å². The molecule has 0 aromatic carbocycles. The van der Waals surface area contributed by atoms with Crippen LogP contribution in [0.1, 0.15) is 17.6 Å². The minimum atomic E-state index is 0.475. The summed E-state index contributed by atoms with van der Waals surface area (Å²) < 4.78 is 0. The summed E-state index contributed by atoms with van der Waals surface area (Å²) in [5.74, 6) is 0.615. The molecule has 15 heavy (non-hydrogen) atoms. The third kappa shape index (κ3) is 2.33. The van der Waals surface area contributed by atoms with Crippen molar-refractivity contribution in [3.05, 3.63) is 27.3 Å². The molecule has 0 N–H and O–H groups in total. The lowest BCUT2D eigenvalue weighted by Crippen LogP contribution is -1.95. The Morgan fingerprint density at radius 3 is 2.73 bits per heavy atom. The molecule has 0 saturated carbocycles. The van der Waals surface area contributed by atoms with Crippen molar-refractivity contribution in [2.75, 3.05) is 0 Å². The maximum Gasteiger partial charge on any atom is 0.180 e. The van der Waals surface area contributed by atoms with Crippen molar-refractivity contribution in [2.24, 2.45) is 0 Å². The van der Waals surface area contributed by atoms with Gasteiger partial charge in [-0.1, -0.05) is 18.5 Å². The largest absolute Gasteiger partial charge is 0.238 e. The smallest absolute Gasteiger partial charge is 0.180 e. The Bertz CT molecular complexity index is 481. The molecule has 2 aromatic rings. The van der Waals surface area contributed by atoms with E-state index in [1.807, 2.05) is 19.2 Å². The molecule has 0 aliphatic carbocycles. The van der Waals surface area contributed by atoms with E-state index >= 15 is 0 Å². The quantitative estimate of drug-likeness (QED) is 0.756. The zero-order valence-corrected chi connectivity index (χ0v) is 10.1. The first kappa shape index (κ1) is 10.5. The lowest BCUT2D eigenvalue weighted by Gasteiger charge is -2.00. The summed E-state index contributed by atoms with van der Waals surface area (Å²) in [5, 5.41) is 3.43. The molecule has 0 aliphatic heterocycles. The van der Waals surface area contributed by atoms with Crippen LogP contribution in [0.5, 0.6) is 0 Å². The Kier molecular flexibility index (Phi) is 2.98. The van der Waals surface area contributed by atoms with Crippen molar-refractivity contribution in [3.63, 3.8) is 0 Å². The predicted octanol–water partition coefficient (Wildman–Crippen LogP) is 3.12. The lowest BCUT2D eigenvalue weighted by molar-refractivity contribution is 0.999. The number of aryl methyl sites for hydroxylation is 2. The van der Waals surface area contributed by atoms with Crippen LogP contribution in [0.25, 0.3) is 11.5 Å². The van der Waals surface area contributed by atoms with Gasteiger partial charge in [0.05, 0.1) is 5.01 Å². The van der Waals surface area contributed by atoms with Gasteiger partial charge in [0, 0.05) is 11.1 Å². The highest BCUT2D eigenvalue weighted by Crippen LogP contribution is 2.20. The van der Waals surface area contributed by atoms with Gasteiger partial charge in [0.15, 0.2) is 5.82 Å². The second-order valence-corrected chi connectivity index (χ2v) is 4.56. The van der Waals surface area contributed by atoms with Crippen LogP contribution in [0.4, 0.5) is 0 Å². The van der Waals surface area contributed by atoms with E-state index in [4.69, 9.17) is 11.6 Å². The molecule has 0 radical (unpaired) electrons. The van der Waals surface area contributed by atoms with Crippen molar-refractivity contribution in [3.8, 4) is 11.5 Å². The van der Waals surface area contributed by atoms with Crippen LogP contribution in [0.15, 0.2) is 11.4 Å². The highest BCUT2D eigenvalue weighted by Gasteiger charge is 2.07. The molecule has 0 spiro atoms. The molecule has 0 bridgehead atoms. The molecule has 2 aromatic heterocycles. The first-order chi connectivity index (χ1) is 7.19. The molecule has 78 valence electrons. The zero-order valence-electron chi connectivity index (χ0n) is 8.49. The number of hydrogen-bond donors (Lipinski definition) is 0. The Hall–Kier alpha value is -1.00. The number of hydrogen-bond acceptors (Lipinski definition) is 4. The molecule has 5 heteroatoms. The van der Waals surface area contributed by atoms with Gasteiger partial charge in [0.2, 0.25) is 0 Å². The first-order valence-corrected chi connectivity index (χ1v) is 5.90. The number of aromatic nitrogens is 3. The van der Waals surface area contributed by atoms with Crippen LogP contribution >= 0.6 is 22.9 Å². The second-order valence-electron chi connectivity index (χ2n) is 3.11. The predicted molar refractivity (Wildman–Crippen MR) is 62.3 cm³/mol. The van der Waals surface area contributed by atoms with E-state index in [0.717, 1.165) is 22.8 Å². The van der Waals surface area contributed by atoms with Crippen LogP contribution in [0.2, 0.25) is 5.15 Å². The van der Waals surface area contributed by atoms with Crippen molar-refractivity contribution < 1.29 is 0 Å². The highest BCUT2D eigenvalue weighted by atomic mass is 35.5. The van der Waals surface area contributed by atoms with E-state index < -0.39 is 0 Å². The molecule has 0 amide bonds. The monoisotopic (exact) mass is 239 g/mol. The summed E-state index contributed by atoms with van der Waals surface area (Å²) in [7, 11) is 0. The Labute approximate surface area is 97.2 Å². The molecule has 2 heterocycles. The molecule has 0 aliphatic rings. The molecule has 3 nitrogen and oxygen atoms in total. The van der Waals surface area contributed by atoms with Gasteiger partial charge in [-0.2, -0.15) is 0 Å². The Morgan fingerprint density at radius 2 is 2.13 bits per heavy atom. The third-order valence-corrected chi connectivity index (χ3v) is 2.93. The molecular formula is C10H10ClN3S. The average molecular weight is 240 g/mol. The van der Waals surface area contributed by atoms with Gasteiger partial charge in [0.1, 0.15) is 10.8 Å². The highest BCUT2D eigenvalue weighted by molar-refractivity contribution is 7.09. The van der Waals surface area contributed by atoms with Gasteiger partial charge in [-0.15, -0.1) is 11.3 Å². The van der Waals surface area contributed by atoms with Crippen molar-refractivity contribution >= 4 is 22.9 Å². The van der Waals surface area contributed by atoms with Crippen LogP contribution in [0.3, 0.4) is 0 Å². The minimum Gasteiger partial charge on any atom is -0.238 e. The van der Waals surface area contributed by atoms with Gasteiger partial charge in [0.25, 0.3) is 0 Å². The fraction of sp³-hybridized carbons (Fsp3) is 0.300. The standard InChI is InChI=1S/C10H10ClN3S/c1-3-7-4-9(11)14-10(13-7)8-5-15-6(2)12-8/h4-5H,3H2,1-2H3. The summed E-state index contributed by atoms with van der Waals surface area (Å²) in [6, 6.07) is 1.78. The third-order valence-electron chi connectivity index (χ3n) is 1.96. The van der Waals surface area contributed by atoms with E-state index in [2.05, 4.69) is 15.0 Å². The Balaban J connectivity index is 2.48. The SMILES string of the molecule is CCc1cc(Cl)nc(-c2csc(C)n2)n1. The van der Waals surface area contributed by atoms with Crippen molar-refractivity contribution in [1.82, 2.24) is 15.0 Å². The van der Waals surface area contributed by atoms with E-state index in [0.29, 0.717) is 11.0 Å². The lowest BCUT2D eigenvalue weighted by atomic mass is 10.3. The fourth-order valence-electron chi connectivity index (χ4n) is 1.23. The number of nitrogens with zero attached hydrogens (tertiary/aromatic N) is 3. The number of thiazole rings is 1. The summed E-state index contributed by atoms with van der Waals surface area (Å²) >= 11 is 7.49. The van der Waals surface area contributed by atoms with Gasteiger partial charge >= 0.3 is 0 Å². The molecule has 0 atom stereocenters. The summed E-state index contributed by atoms with van der Waals surface area (Å²) in [6.45, 7) is 3.99. The average Bonchev–Trinajstić information content (AvgIpc) is 2.64. The van der Waals surface area contributed by atoms with E-state index in [1.165, 1.54) is 0 Å². The van der Waals surface area contributed by atoms with Gasteiger partial charge in [-0.3, -0.25) is 0 Å². The molecule has 0 fully saturated rings. The second kappa shape index (κ2) is 4.24. The maximum absolute atomic E-state index is 5.91. The minimum absolute atomic E-state index is 0.475. The molecule has 0 saturated heterocycles. The van der Waals surface area contributed by atoms with Crippen molar-refractivity contribution in [1.29, 1.82) is 0 Å². The summed E-state index contributed by atoms with van der Waals surface area (Å²) in [5.41, 5.74) is 1.74. The van der Waals surface area contributed by atoms with Gasteiger partial charge < -0.3 is 0 Å². The van der Waals surface area contributed by atoms with Crippen molar-refractivity contribution in [2.45, 2.75) is 20.3 Å². The van der Waals surface area contributed by atoms with E-state index in [-0.39, 0.29) is 0 Å². The molecule has 2 rings (SSSR count). The summed E-state index contributed by atoms with van der Waals surface area (Å²) in [4.78, 5) is 12.9. The fourth-order valence-corrected chi connectivity index (χ4v) is 2.02. The van der Waals surface area contributed by atoms with Crippen LogP contribution in [-0.4, -0.2) is 15.0 Å². The van der Waals surface area contributed by atoms with Gasteiger partial charge in [-0.25, -0.2) is 15.0 Å². The molecule has 0 unspecified atom stereocenters. The Morgan fingerprint density at radius 1 is 1.33 bits per heavy atom. The van der Waals surface area contributed by atoms with Gasteiger partial charge in [-0.05, 0) is 19.4 Å². The van der Waals surface area contributed by atoms with Crippen LogP contribution in [0, 0.1) is 6.92 Å². The normalized spacial score (nSPS) is 10.6. The maximum atomic E-state index is 5.91. The number of halogens is 1. The number of rotatable bonds is 2.